The van der Waals surface area contributed by atoms with Gasteiger partial charge >= 0.3 is 6.18 Å². The summed E-state index contributed by atoms with van der Waals surface area (Å²) >= 11 is 0. The summed E-state index contributed by atoms with van der Waals surface area (Å²) in [6.45, 7) is 0. The standard InChI is InChI=1S/C16H17F4N/c17-15-9-12(16(18,19)20)5-4-11(15)6-10-7-13-2-1-3-14(8-10)21-13/h4-5,7,9,13-14,21H,1-3,6,8H2. The number of piperidine rings is 1. The molecule has 1 N–H and O–H groups in total. The van der Waals surface area contributed by atoms with Gasteiger partial charge in [-0.2, -0.15) is 13.2 Å². The minimum absolute atomic E-state index is 0.338. The average molecular weight is 299 g/mol. The van der Waals surface area contributed by atoms with E-state index in [4.69, 9.17) is 0 Å². The van der Waals surface area contributed by atoms with E-state index < -0.39 is 17.6 Å². The molecule has 0 spiro atoms. The van der Waals surface area contributed by atoms with Crippen molar-refractivity contribution >= 4 is 0 Å². The van der Waals surface area contributed by atoms with Crippen molar-refractivity contribution in [2.24, 2.45) is 0 Å². The molecule has 3 rings (SSSR count). The van der Waals surface area contributed by atoms with Gasteiger partial charge < -0.3 is 5.32 Å². The van der Waals surface area contributed by atoms with Gasteiger partial charge in [-0.1, -0.05) is 24.1 Å². The van der Waals surface area contributed by atoms with Crippen LogP contribution in [0, 0.1) is 5.82 Å². The fourth-order valence-electron chi connectivity index (χ4n) is 3.26. The van der Waals surface area contributed by atoms with Gasteiger partial charge in [0, 0.05) is 12.1 Å². The Morgan fingerprint density at radius 2 is 2.00 bits per heavy atom. The smallest absolute Gasteiger partial charge is 0.307 e. The quantitative estimate of drug-likeness (QED) is 0.636. The van der Waals surface area contributed by atoms with Crippen LogP contribution in [0.3, 0.4) is 0 Å². The molecular weight excluding hydrogens is 282 g/mol. The highest BCUT2D eigenvalue weighted by Gasteiger charge is 2.31. The van der Waals surface area contributed by atoms with Crippen LogP contribution in [0.25, 0.3) is 0 Å². The van der Waals surface area contributed by atoms with Crippen molar-refractivity contribution in [3.8, 4) is 0 Å². The molecule has 2 aliphatic heterocycles. The zero-order valence-corrected chi connectivity index (χ0v) is 11.5. The van der Waals surface area contributed by atoms with Crippen LogP contribution in [0.15, 0.2) is 29.8 Å². The van der Waals surface area contributed by atoms with E-state index in [1.807, 2.05) is 0 Å². The zero-order chi connectivity index (χ0) is 15.0. The van der Waals surface area contributed by atoms with E-state index in [1.54, 1.807) is 0 Å². The summed E-state index contributed by atoms with van der Waals surface area (Å²) in [5.41, 5.74) is 0.538. The monoisotopic (exact) mass is 299 g/mol. The number of rotatable bonds is 2. The van der Waals surface area contributed by atoms with E-state index in [2.05, 4.69) is 11.4 Å². The normalized spacial score (nSPS) is 25.6. The third kappa shape index (κ3) is 3.28. The maximum atomic E-state index is 13.9. The van der Waals surface area contributed by atoms with E-state index >= 15 is 0 Å². The average Bonchev–Trinajstić information content (AvgIpc) is 2.39. The fraction of sp³-hybridized carbons (Fsp3) is 0.500. The van der Waals surface area contributed by atoms with Crippen LogP contribution in [0.2, 0.25) is 0 Å². The first-order valence-electron chi connectivity index (χ1n) is 7.23. The molecule has 21 heavy (non-hydrogen) atoms. The lowest BCUT2D eigenvalue weighted by Crippen LogP contribution is -2.44. The lowest BCUT2D eigenvalue weighted by atomic mass is 9.85. The van der Waals surface area contributed by atoms with Gasteiger partial charge in [-0.25, -0.2) is 4.39 Å². The van der Waals surface area contributed by atoms with Gasteiger partial charge in [0.05, 0.1) is 5.56 Å². The first kappa shape index (κ1) is 14.6. The first-order chi connectivity index (χ1) is 9.91. The third-order valence-corrected chi connectivity index (χ3v) is 4.26. The summed E-state index contributed by atoms with van der Waals surface area (Å²) in [5, 5.41) is 3.49. The topological polar surface area (TPSA) is 12.0 Å². The minimum atomic E-state index is -4.50. The Morgan fingerprint density at radius 3 is 2.67 bits per heavy atom. The van der Waals surface area contributed by atoms with Crippen LogP contribution in [-0.2, 0) is 12.6 Å². The Kier molecular flexibility index (Phi) is 3.78. The maximum absolute atomic E-state index is 13.9. The summed E-state index contributed by atoms with van der Waals surface area (Å²) in [5.74, 6) is -0.769. The molecule has 114 valence electrons. The van der Waals surface area contributed by atoms with Crippen molar-refractivity contribution in [3.63, 3.8) is 0 Å². The molecule has 0 saturated carbocycles. The summed E-state index contributed by atoms with van der Waals surface area (Å²) in [7, 11) is 0. The number of hydrogen-bond acceptors (Lipinski definition) is 1. The molecule has 5 heteroatoms. The second-order valence-corrected chi connectivity index (χ2v) is 5.91. The van der Waals surface area contributed by atoms with E-state index in [0.717, 1.165) is 30.9 Å². The Morgan fingerprint density at radius 1 is 1.19 bits per heavy atom. The Labute approximate surface area is 121 Å². The van der Waals surface area contributed by atoms with Crippen LogP contribution >= 0.6 is 0 Å². The van der Waals surface area contributed by atoms with Crippen LogP contribution in [0.1, 0.15) is 36.8 Å². The lowest BCUT2D eigenvalue weighted by Gasteiger charge is -2.35. The largest absolute Gasteiger partial charge is 0.416 e. The number of benzene rings is 1. The van der Waals surface area contributed by atoms with Crippen LogP contribution < -0.4 is 5.32 Å². The first-order valence-corrected chi connectivity index (χ1v) is 7.23. The molecule has 0 aliphatic carbocycles. The Bertz CT molecular complexity index is 562. The highest BCUT2D eigenvalue weighted by atomic mass is 19.4. The maximum Gasteiger partial charge on any atom is 0.416 e. The molecule has 0 amide bonds. The summed E-state index contributed by atoms with van der Waals surface area (Å²) in [6.07, 6.45) is 2.27. The van der Waals surface area contributed by atoms with E-state index in [-0.39, 0.29) is 0 Å². The van der Waals surface area contributed by atoms with Gasteiger partial charge in [0.25, 0.3) is 0 Å². The molecule has 2 heterocycles. The van der Waals surface area contributed by atoms with Crippen molar-refractivity contribution in [2.75, 3.05) is 0 Å². The fourth-order valence-corrected chi connectivity index (χ4v) is 3.26. The molecule has 2 aliphatic rings. The number of hydrogen-bond donors (Lipinski definition) is 1. The second-order valence-electron chi connectivity index (χ2n) is 5.91. The van der Waals surface area contributed by atoms with Crippen LogP contribution in [0.4, 0.5) is 17.6 Å². The predicted octanol–water partition coefficient (Wildman–Crippen LogP) is 4.23. The van der Waals surface area contributed by atoms with E-state index in [1.165, 1.54) is 12.5 Å². The van der Waals surface area contributed by atoms with Gasteiger partial charge in [0.15, 0.2) is 0 Å². The third-order valence-electron chi connectivity index (χ3n) is 4.26. The van der Waals surface area contributed by atoms with Crippen LogP contribution in [0.5, 0.6) is 0 Å². The minimum Gasteiger partial charge on any atom is -0.307 e. The number of nitrogens with one attached hydrogen (secondary N) is 1. The van der Waals surface area contributed by atoms with E-state index in [0.29, 0.717) is 30.1 Å². The molecule has 1 nitrogen and oxygen atoms in total. The van der Waals surface area contributed by atoms with Crippen molar-refractivity contribution in [3.05, 3.63) is 46.8 Å². The Hall–Kier alpha value is -1.36. The lowest BCUT2D eigenvalue weighted by molar-refractivity contribution is -0.137. The van der Waals surface area contributed by atoms with Crippen molar-refractivity contribution in [1.29, 1.82) is 0 Å². The molecule has 0 aromatic heterocycles. The second kappa shape index (κ2) is 5.44. The highest BCUT2D eigenvalue weighted by Crippen LogP contribution is 2.32. The molecule has 2 bridgehead atoms. The molecule has 1 aromatic rings. The summed E-state index contributed by atoms with van der Waals surface area (Å²) < 4.78 is 51.5. The molecule has 0 radical (unpaired) electrons. The van der Waals surface area contributed by atoms with Gasteiger partial charge in [-0.3, -0.25) is 0 Å². The molecule has 1 aromatic carbocycles. The van der Waals surface area contributed by atoms with Crippen molar-refractivity contribution in [2.45, 2.75) is 50.4 Å². The molecule has 2 atom stereocenters. The van der Waals surface area contributed by atoms with Gasteiger partial charge in [-0.05, 0) is 43.4 Å². The molecular formula is C16H17F4N. The van der Waals surface area contributed by atoms with Crippen LogP contribution in [-0.4, -0.2) is 12.1 Å². The SMILES string of the molecule is Fc1cc(C(F)(F)F)ccc1CC1=CC2CCCC(C1)N2. The molecule has 1 saturated heterocycles. The predicted molar refractivity (Wildman–Crippen MR) is 72.4 cm³/mol. The van der Waals surface area contributed by atoms with Gasteiger partial charge in [-0.15, -0.1) is 0 Å². The van der Waals surface area contributed by atoms with Gasteiger partial charge in [0.1, 0.15) is 5.82 Å². The number of fused-ring (bicyclic) bond motifs is 2. The van der Waals surface area contributed by atoms with Crippen molar-refractivity contribution < 1.29 is 17.6 Å². The van der Waals surface area contributed by atoms with E-state index in [9.17, 15) is 17.6 Å². The molecule has 1 fully saturated rings. The molecule has 2 unspecified atom stereocenters. The number of alkyl halides is 3. The van der Waals surface area contributed by atoms with Gasteiger partial charge in [0.2, 0.25) is 0 Å². The zero-order valence-electron chi connectivity index (χ0n) is 11.5. The highest BCUT2D eigenvalue weighted by molar-refractivity contribution is 5.31. The number of halogens is 4. The summed E-state index contributed by atoms with van der Waals surface area (Å²) in [6, 6.07) is 3.58. The summed E-state index contributed by atoms with van der Waals surface area (Å²) in [4.78, 5) is 0. The van der Waals surface area contributed by atoms with Crippen molar-refractivity contribution in [1.82, 2.24) is 5.32 Å². The Balaban J connectivity index is 1.78.